The van der Waals surface area contributed by atoms with Crippen LogP contribution in [-0.2, 0) is 14.3 Å². The van der Waals surface area contributed by atoms with Crippen LogP contribution in [-0.4, -0.2) is 49.1 Å². The Labute approximate surface area is 174 Å². The van der Waals surface area contributed by atoms with E-state index in [2.05, 4.69) is 0 Å². The molecule has 1 aliphatic rings. The number of methoxy groups -OCH3 is 2. The van der Waals surface area contributed by atoms with Gasteiger partial charge in [-0.05, 0) is 43.2 Å². The molecule has 7 heteroatoms. The minimum atomic E-state index is -1.02. The zero-order valence-electron chi connectivity index (χ0n) is 17.1. The minimum Gasteiger partial charge on any atom is -0.507 e. The Morgan fingerprint density at radius 3 is 2.53 bits per heavy atom. The van der Waals surface area contributed by atoms with Crippen molar-refractivity contribution in [1.82, 2.24) is 4.90 Å². The highest BCUT2D eigenvalue weighted by Crippen LogP contribution is 2.40. The molecule has 3 rings (SSSR count). The number of carbonyl (C=O) groups excluding carboxylic acids is 2. The molecule has 1 aliphatic heterocycles. The number of rotatable bonds is 7. The second-order valence-corrected chi connectivity index (χ2v) is 7.04. The lowest BCUT2D eigenvalue weighted by molar-refractivity contribution is -0.140. The number of nitrogens with zero attached hydrogens (tertiary/aromatic N) is 1. The third-order valence-corrected chi connectivity index (χ3v) is 5.16. The Kier molecular flexibility index (Phi) is 6.52. The maximum absolute atomic E-state index is 14.7. The molecule has 30 heavy (non-hydrogen) atoms. The largest absolute Gasteiger partial charge is 0.507 e. The van der Waals surface area contributed by atoms with Gasteiger partial charge in [-0.1, -0.05) is 18.2 Å². The molecule has 2 aromatic carbocycles. The lowest BCUT2D eigenvalue weighted by Gasteiger charge is -2.25. The van der Waals surface area contributed by atoms with Gasteiger partial charge in [-0.3, -0.25) is 9.59 Å². The van der Waals surface area contributed by atoms with E-state index in [0.29, 0.717) is 24.3 Å². The Hall–Kier alpha value is -3.19. The van der Waals surface area contributed by atoms with E-state index in [1.165, 1.54) is 37.3 Å². The molecule has 6 nitrogen and oxygen atoms in total. The van der Waals surface area contributed by atoms with Crippen LogP contribution in [0.15, 0.2) is 48.0 Å². The Morgan fingerprint density at radius 1 is 1.17 bits per heavy atom. The maximum Gasteiger partial charge on any atom is 0.295 e. The van der Waals surface area contributed by atoms with Gasteiger partial charge in [0.1, 0.15) is 17.3 Å². The summed E-state index contributed by atoms with van der Waals surface area (Å²) in [5.74, 6) is -1.89. The first-order valence-electron chi connectivity index (χ1n) is 9.57. The summed E-state index contributed by atoms with van der Waals surface area (Å²) in [6.45, 7) is 2.37. The number of likely N-dealkylation sites (tertiary alicyclic amines) is 1. The van der Waals surface area contributed by atoms with Crippen LogP contribution in [0, 0.1) is 12.7 Å². The lowest BCUT2D eigenvalue weighted by atomic mass is 9.94. The van der Waals surface area contributed by atoms with Crippen LogP contribution in [0.5, 0.6) is 5.75 Å². The first kappa shape index (κ1) is 21.5. The Bertz CT molecular complexity index is 1000. The smallest absolute Gasteiger partial charge is 0.295 e. The van der Waals surface area contributed by atoms with Crippen LogP contribution in [0.4, 0.5) is 4.39 Å². The summed E-state index contributed by atoms with van der Waals surface area (Å²) in [5.41, 5.74) is 1.12. The second-order valence-electron chi connectivity index (χ2n) is 7.04. The van der Waals surface area contributed by atoms with E-state index in [0.717, 1.165) is 5.56 Å². The topological polar surface area (TPSA) is 76.1 Å². The number of ketones is 1. The molecule has 0 radical (unpaired) electrons. The number of hydrogen-bond acceptors (Lipinski definition) is 5. The van der Waals surface area contributed by atoms with Crippen molar-refractivity contribution in [2.75, 3.05) is 27.4 Å². The lowest BCUT2D eigenvalue weighted by Crippen LogP contribution is -2.31. The quantitative estimate of drug-likeness (QED) is 0.325. The fourth-order valence-electron chi connectivity index (χ4n) is 3.69. The van der Waals surface area contributed by atoms with E-state index in [1.807, 2.05) is 0 Å². The van der Waals surface area contributed by atoms with Crippen LogP contribution >= 0.6 is 0 Å². The fraction of sp³-hybridized carbons (Fsp3) is 0.304. The zero-order chi connectivity index (χ0) is 21.8. The monoisotopic (exact) mass is 413 g/mol. The van der Waals surface area contributed by atoms with Crippen LogP contribution < -0.4 is 4.74 Å². The molecule has 0 saturated carbocycles. The van der Waals surface area contributed by atoms with Crippen molar-refractivity contribution in [3.63, 3.8) is 0 Å². The molecular weight excluding hydrogens is 389 g/mol. The standard InChI is InChI=1S/C23H24FNO5/c1-14-13-15(9-10-18(14)30-3)21(26)19-20(16-7-4-5-8-17(16)24)25(11-6-12-29-2)23(28)22(19)27/h4-5,7-10,13,20,26H,6,11-12H2,1-3H3/b21-19+. The van der Waals surface area contributed by atoms with E-state index in [-0.39, 0.29) is 23.4 Å². The van der Waals surface area contributed by atoms with Crippen molar-refractivity contribution >= 4 is 17.4 Å². The number of ether oxygens (including phenoxy) is 2. The molecule has 0 bridgehead atoms. The van der Waals surface area contributed by atoms with Crippen molar-refractivity contribution in [2.24, 2.45) is 0 Å². The average molecular weight is 413 g/mol. The zero-order valence-corrected chi connectivity index (χ0v) is 17.1. The number of carbonyl (C=O) groups is 2. The van der Waals surface area contributed by atoms with Crippen molar-refractivity contribution in [3.8, 4) is 5.75 Å². The number of benzene rings is 2. The number of Topliss-reactive ketones (excluding diaryl/α,β-unsaturated/α-hetero) is 1. The highest BCUT2D eigenvalue weighted by molar-refractivity contribution is 6.46. The second kappa shape index (κ2) is 9.09. The summed E-state index contributed by atoms with van der Waals surface area (Å²) in [6.07, 6.45) is 0.468. The summed E-state index contributed by atoms with van der Waals surface area (Å²) >= 11 is 0. The van der Waals surface area contributed by atoms with Gasteiger partial charge in [0, 0.05) is 31.4 Å². The molecule has 0 spiro atoms. The first-order valence-corrected chi connectivity index (χ1v) is 9.57. The van der Waals surface area contributed by atoms with E-state index >= 15 is 0 Å². The van der Waals surface area contributed by atoms with Crippen LogP contribution in [0.25, 0.3) is 5.76 Å². The van der Waals surface area contributed by atoms with Gasteiger partial charge in [-0.15, -0.1) is 0 Å². The summed E-state index contributed by atoms with van der Waals surface area (Å²) in [4.78, 5) is 26.9. The van der Waals surface area contributed by atoms with Gasteiger partial charge in [0.25, 0.3) is 11.7 Å². The highest BCUT2D eigenvalue weighted by Gasteiger charge is 2.46. The van der Waals surface area contributed by atoms with Crippen molar-refractivity contribution in [1.29, 1.82) is 0 Å². The van der Waals surface area contributed by atoms with Crippen LogP contribution in [0.2, 0.25) is 0 Å². The van der Waals surface area contributed by atoms with Crippen molar-refractivity contribution in [3.05, 3.63) is 70.5 Å². The summed E-state index contributed by atoms with van der Waals surface area (Å²) in [7, 11) is 3.07. The third kappa shape index (κ3) is 3.93. The molecule has 1 amide bonds. The fourth-order valence-corrected chi connectivity index (χ4v) is 3.69. The van der Waals surface area contributed by atoms with E-state index in [4.69, 9.17) is 9.47 Å². The van der Waals surface area contributed by atoms with Crippen LogP contribution in [0.3, 0.4) is 0 Å². The minimum absolute atomic E-state index is 0.132. The number of aliphatic hydroxyl groups is 1. The Balaban J connectivity index is 2.15. The van der Waals surface area contributed by atoms with Gasteiger partial charge in [0.05, 0.1) is 18.7 Å². The number of aliphatic hydroxyl groups excluding tert-OH is 1. The summed E-state index contributed by atoms with van der Waals surface area (Å²) < 4.78 is 24.9. The number of aryl methyl sites for hydroxylation is 1. The van der Waals surface area contributed by atoms with E-state index < -0.39 is 23.5 Å². The number of hydrogen-bond donors (Lipinski definition) is 1. The third-order valence-electron chi connectivity index (χ3n) is 5.16. The van der Waals surface area contributed by atoms with E-state index in [1.54, 1.807) is 31.2 Å². The average Bonchev–Trinajstić information content (AvgIpc) is 2.98. The molecular formula is C23H24FNO5. The van der Waals surface area contributed by atoms with E-state index in [9.17, 15) is 19.1 Å². The van der Waals surface area contributed by atoms with Gasteiger partial charge in [-0.2, -0.15) is 0 Å². The van der Waals surface area contributed by atoms with Gasteiger partial charge < -0.3 is 19.5 Å². The summed E-state index contributed by atoms with van der Waals surface area (Å²) in [5, 5.41) is 11.0. The first-order chi connectivity index (χ1) is 14.4. The number of amides is 1. The van der Waals surface area contributed by atoms with Crippen molar-refractivity contribution in [2.45, 2.75) is 19.4 Å². The predicted octanol–water partition coefficient (Wildman–Crippen LogP) is 3.60. The SMILES string of the molecule is COCCCN1C(=O)C(=O)/C(=C(/O)c2ccc(OC)c(C)c2)C1c1ccccc1F. The van der Waals surface area contributed by atoms with Crippen LogP contribution in [0.1, 0.15) is 29.2 Å². The molecule has 158 valence electrons. The molecule has 1 saturated heterocycles. The molecule has 1 atom stereocenters. The molecule has 2 aromatic rings. The van der Waals surface area contributed by atoms with Gasteiger partial charge in [0.2, 0.25) is 0 Å². The van der Waals surface area contributed by atoms with Gasteiger partial charge in [0.15, 0.2) is 0 Å². The highest BCUT2D eigenvalue weighted by atomic mass is 19.1. The molecule has 1 N–H and O–H groups in total. The Morgan fingerprint density at radius 2 is 1.90 bits per heavy atom. The van der Waals surface area contributed by atoms with Gasteiger partial charge >= 0.3 is 0 Å². The molecule has 0 aromatic heterocycles. The maximum atomic E-state index is 14.7. The van der Waals surface area contributed by atoms with Gasteiger partial charge in [-0.25, -0.2) is 4.39 Å². The number of halogens is 1. The molecule has 0 aliphatic carbocycles. The molecule has 1 fully saturated rings. The normalized spacial score (nSPS) is 18.1. The summed E-state index contributed by atoms with van der Waals surface area (Å²) in [6, 6.07) is 9.84. The predicted molar refractivity (Wildman–Crippen MR) is 110 cm³/mol. The molecule has 1 heterocycles. The van der Waals surface area contributed by atoms with Crippen molar-refractivity contribution < 1.29 is 28.6 Å². The molecule has 1 unspecified atom stereocenters.